The third-order valence-corrected chi connectivity index (χ3v) is 3.23. The van der Waals surface area contributed by atoms with E-state index >= 15 is 0 Å². The van der Waals surface area contributed by atoms with Gasteiger partial charge in [-0.2, -0.15) is 0 Å². The van der Waals surface area contributed by atoms with Crippen molar-refractivity contribution in [1.29, 1.82) is 0 Å². The molecule has 2 nitrogen and oxygen atoms in total. The predicted molar refractivity (Wildman–Crippen MR) is 73.0 cm³/mol. The number of halogens is 1. The van der Waals surface area contributed by atoms with Crippen molar-refractivity contribution in [2.45, 2.75) is 6.54 Å². The summed E-state index contributed by atoms with van der Waals surface area (Å²) in [6, 6.07) is 12.6. The second kappa shape index (κ2) is 4.34. The minimum absolute atomic E-state index is 0.847. The topological polar surface area (TPSA) is 17.8 Å². The molecule has 3 aromatic rings. The van der Waals surface area contributed by atoms with Gasteiger partial charge in [0.1, 0.15) is 0 Å². The molecule has 0 saturated heterocycles. The normalized spacial score (nSPS) is 10.9. The van der Waals surface area contributed by atoms with Gasteiger partial charge in [0.2, 0.25) is 0 Å². The molecule has 17 heavy (non-hydrogen) atoms. The molecule has 0 atom stereocenters. The minimum atomic E-state index is 0.847. The molecule has 0 spiro atoms. The van der Waals surface area contributed by atoms with E-state index < -0.39 is 0 Å². The zero-order chi connectivity index (χ0) is 11.7. The van der Waals surface area contributed by atoms with E-state index in [0.29, 0.717) is 0 Å². The van der Waals surface area contributed by atoms with Crippen LogP contribution in [0.1, 0.15) is 5.56 Å². The Balaban J connectivity index is 2.00. The molecule has 0 fully saturated rings. The van der Waals surface area contributed by atoms with Gasteiger partial charge in [-0.15, -0.1) is 0 Å². The fourth-order valence-electron chi connectivity index (χ4n) is 2.02. The summed E-state index contributed by atoms with van der Waals surface area (Å²) in [6.45, 7) is 0.847. The maximum Gasteiger partial charge on any atom is 0.0491 e. The highest BCUT2D eigenvalue weighted by Crippen LogP contribution is 2.17. The first-order valence-corrected chi connectivity index (χ1v) is 6.25. The zero-order valence-electron chi connectivity index (χ0n) is 9.18. The maximum absolute atomic E-state index is 4.18. The molecule has 0 aliphatic rings. The first-order valence-electron chi connectivity index (χ1n) is 5.46. The lowest BCUT2D eigenvalue weighted by Gasteiger charge is -2.05. The van der Waals surface area contributed by atoms with Crippen LogP contribution in [0.2, 0.25) is 0 Å². The van der Waals surface area contributed by atoms with Crippen LogP contribution < -0.4 is 0 Å². The quantitative estimate of drug-likeness (QED) is 0.700. The van der Waals surface area contributed by atoms with Crippen LogP contribution in [0, 0.1) is 0 Å². The summed E-state index contributed by atoms with van der Waals surface area (Å²) in [5.41, 5.74) is 2.45. The molecule has 0 radical (unpaired) electrons. The number of rotatable bonds is 2. The van der Waals surface area contributed by atoms with Gasteiger partial charge in [-0.3, -0.25) is 4.98 Å². The van der Waals surface area contributed by atoms with Gasteiger partial charge in [0.05, 0.1) is 0 Å². The Kier molecular flexibility index (Phi) is 2.69. The van der Waals surface area contributed by atoms with E-state index in [1.165, 1.54) is 16.5 Å². The highest BCUT2D eigenvalue weighted by molar-refractivity contribution is 9.10. The van der Waals surface area contributed by atoms with Gasteiger partial charge >= 0.3 is 0 Å². The van der Waals surface area contributed by atoms with Crippen LogP contribution in [-0.4, -0.2) is 9.55 Å². The van der Waals surface area contributed by atoms with E-state index in [9.17, 15) is 0 Å². The van der Waals surface area contributed by atoms with Crippen LogP contribution in [0.4, 0.5) is 0 Å². The molecule has 3 rings (SSSR count). The van der Waals surface area contributed by atoms with Crippen molar-refractivity contribution < 1.29 is 0 Å². The van der Waals surface area contributed by atoms with Gasteiger partial charge in [-0.05, 0) is 45.1 Å². The van der Waals surface area contributed by atoms with Crippen LogP contribution >= 0.6 is 15.9 Å². The number of hydrogen-bond acceptors (Lipinski definition) is 1. The van der Waals surface area contributed by atoms with E-state index in [0.717, 1.165) is 11.0 Å². The zero-order valence-corrected chi connectivity index (χ0v) is 10.8. The Morgan fingerprint density at radius 1 is 1.12 bits per heavy atom. The van der Waals surface area contributed by atoms with Crippen molar-refractivity contribution in [3.05, 3.63) is 65.0 Å². The molecule has 0 amide bonds. The van der Waals surface area contributed by atoms with Crippen molar-refractivity contribution in [3.8, 4) is 0 Å². The summed E-state index contributed by atoms with van der Waals surface area (Å²) in [5.74, 6) is 0. The first kappa shape index (κ1) is 10.5. The monoisotopic (exact) mass is 286 g/mol. The fraction of sp³-hybridized carbons (Fsp3) is 0.0714. The molecule has 0 aliphatic carbocycles. The van der Waals surface area contributed by atoms with Crippen LogP contribution in [-0.2, 0) is 6.54 Å². The third kappa shape index (κ3) is 2.11. The van der Waals surface area contributed by atoms with Gasteiger partial charge in [0.15, 0.2) is 0 Å². The molecular weight excluding hydrogens is 276 g/mol. The van der Waals surface area contributed by atoms with E-state index in [1.807, 2.05) is 6.20 Å². The number of pyridine rings is 1. The van der Waals surface area contributed by atoms with Crippen molar-refractivity contribution in [2.24, 2.45) is 0 Å². The second-order valence-corrected chi connectivity index (χ2v) is 4.93. The average Bonchev–Trinajstić information content (AvgIpc) is 2.73. The van der Waals surface area contributed by atoms with Gasteiger partial charge in [0.25, 0.3) is 0 Å². The highest BCUT2D eigenvalue weighted by atomic mass is 79.9. The van der Waals surface area contributed by atoms with E-state index in [2.05, 4.69) is 68.1 Å². The Morgan fingerprint density at radius 3 is 2.88 bits per heavy atom. The van der Waals surface area contributed by atoms with Crippen LogP contribution in [0.5, 0.6) is 0 Å². The largest absolute Gasteiger partial charge is 0.343 e. The molecule has 0 saturated carbocycles. The molecule has 0 unspecified atom stereocenters. The number of fused-ring (bicyclic) bond motifs is 1. The molecule has 2 heterocycles. The number of hydrogen-bond donors (Lipinski definition) is 0. The lowest BCUT2D eigenvalue weighted by atomic mass is 10.2. The standard InChI is InChI=1S/C14H11BrN2/c15-13-7-11(8-16-9-13)10-17-6-5-12-3-1-2-4-14(12)17/h1-9H,10H2. The Morgan fingerprint density at radius 2 is 2.00 bits per heavy atom. The van der Waals surface area contributed by atoms with Crippen molar-refractivity contribution in [2.75, 3.05) is 0 Å². The van der Waals surface area contributed by atoms with Gasteiger partial charge in [0, 0.05) is 35.1 Å². The average molecular weight is 287 g/mol. The first-order chi connectivity index (χ1) is 8.33. The number of benzene rings is 1. The van der Waals surface area contributed by atoms with Gasteiger partial charge in [-0.1, -0.05) is 18.2 Å². The number of nitrogens with zero attached hydrogens (tertiary/aromatic N) is 2. The van der Waals surface area contributed by atoms with Crippen molar-refractivity contribution in [1.82, 2.24) is 9.55 Å². The molecular formula is C14H11BrN2. The van der Waals surface area contributed by atoms with Gasteiger partial charge in [-0.25, -0.2) is 0 Å². The Labute approximate surface area is 108 Å². The summed E-state index contributed by atoms with van der Waals surface area (Å²) < 4.78 is 3.25. The third-order valence-electron chi connectivity index (χ3n) is 2.79. The number of aromatic nitrogens is 2. The lowest BCUT2D eigenvalue weighted by Crippen LogP contribution is -1.98. The summed E-state index contributed by atoms with van der Waals surface area (Å²) in [5, 5.41) is 1.27. The SMILES string of the molecule is Brc1cncc(Cn2ccc3ccccc32)c1. The van der Waals surface area contributed by atoms with E-state index in [1.54, 1.807) is 6.20 Å². The molecule has 3 heteroatoms. The van der Waals surface area contributed by atoms with Gasteiger partial charge < -0.3 is 4.57 Å². The van der Waals surface area contributed by atoms with Crippen LogP contribution in [0.3, 0.4) is 0 Å². The van der Waals surface area contributed by atoms with E-state index in [4.69, 9.17) is 0 Å². The summed E-state index contributed by atoms with van der Waals surface area (Å²) in [6.07, 6.45) is 5.82. The fourth-order valence-corrected chi connectivity index (χ4v) is 2.43. The van der Waals surface area contributed by atoms with Crippen LogP contribution in [0.15, 0.2) is 59.5 Å². The number of para-hydroxylation sites is 1. The predicted octanol–water partition coefficient (Wildman–Crippen LogP) is 3.85. The molecule has 0 N–H and O–H groups in total. The summed E-state index contributed by atoms with van der Waals surface area (Å²) in [7, 11) is 0. The molecule has 84 valence electrons. The maximum atomic E-state index is 4.18. The Hall–Kier alpha value is -1.61. The molecule has 0 aliphatic heterocycles. The van der Waals surface area contributed by atoms with Crippen molar-refractivity contribution >= 4 is 26.8 Å². The lowest BCUT2D eigenvalue weighted by molar-refractivity contribution is 0.831. The molecule has 2 aromatic heterocycles. The Bertz CT molecular complexity index is 658. The highest BCUT2D eigenvalue weighted by Gasteiger charge is 2.01. The van der Waals surface area contributed by atoms with Crippen molar-refractivity contribution in [3.63, 3.8) is 0 Å². The summed E-state index contributed by atoms with van der Waals surface area (Å²) in [4.78, 5) is 4.18. The minimum Gasteiger partial charge on any atom is -0.343 e. The second-order valence-electron chi connectivity index (χ2n) is 4.01. The molecule has 0 bridgehead atoms. The molecule has 1 aromatic carbocycles. The summed E-state index contributed by atoms with van der Waals surface area (Å²) >= 11 is 3.44. The van der Waals surface area contributed by atoms with Crippen LogP contribution in [0.25, 0.3) is 10.9 Å². The van der Waals surface area contributed by atoms with E-state index in [-0.39, 0.29) is 0 Å². The smallest absolute Gasteiger partial charge is 0.0491 e.